The normalized spacial score (nSPS) is 12.5. The van der Waals surface area contributed by atoms with Gasteiger partial charge < -0.3 is 4.57 Å². The van der Waals surface area contributed by atoms with Crippen LogP contribution in [0, 0.1) is 0 Å². The van der Waals surface area contributed by atoms with Crippen LogP contribution in [-0.2, 0) is 7.05 Å². The van der Waals surface area contributed by atoms with Gasteiger partial charge in [-0.3, -0.25) is 4.98 Å². The lowest BCUT2D eigenvalue weighted by Gasteiger charge is -2.14. The molecule has 3 aromatic rings. The number of allylic oxidation sites excluding steroid dienone is 4. The first kappa shape index (κ1) is 30.0. The lowest BCUT2D eigenvalue weighted by molar-refractivity contribution is 0.544. The highest BCUT2D eigenvalue weighted by Gasteiger charge is 2.12. The van der Waals surface area contributed by atoms with Gasteiger partial charge >= 0.3 is 0 Å². The third kappa shape index (κ3) is 8.93. The van der Waals surface area contributed by atoms with Crippen molar-refractivity contribution in [2.45, 2.75) is 73.6 Å². The van der Waals surface area contributed by atoms with Crippen LogP contribution in [0.4, 0.5) is 4.39 Å². The summed E-state index contributed by atoms with van der Waals surface area (Å²) in [5.74, 6) is 1.63. The lowest BCUT2D eigenvalue weighted by Crippen LogP contribution is -1.99. The number of hydrogen-bond donors (Lipinski definition) is 0. The average Bonchev–Trinajstić information content (AvgIpc) is 3.34. The summed E-state index contributed by atoms with van der Waals surface area (Å²) < 4.78 is 15.0. The molecule has 0 spiro atoms. The topological polar surface area (TPSA) is 30.7 Å². The highest BCUT2D eigenvalue weighted by atomic mass is 19.1. The molecule has 4 heteroatoms. The Kier molecular flexibility index (Phi) is 14.2. The molecular formula is C31H44FN3. The molecule has 3 nitrogen and oxygen atoms in total. The van der Waals surface area contributed by atoms with E-state index in [0.29, 0.717) is 5.92 Å². The molecule has 1 atom stereocenters. The molecule has 0 aliphatic heterocycles. The minimum Gasteiger partial charge on any atom is -0.334 e. The number of alkyl halides is 1. The molecule has 35 heavy (non-hydrogen) atoms. The van der Waals surface area contributed by atoms with E-state index in [1.165, 1.54) is 11.1 Å². The first-order valence-corrected chi connectivity index (χ1v) is 12.8. The standard InChI is InChI=1S/C15H20FN.C14H18N2.C2H6/c1-4-5-6-12(2)15(13(3)11-16)14-7-9-17-10-8-14;1-4-11(2)12-7-5-6-8-13(12)14-15-9-10-16(14)3;1-2/h6-10H,4-5,11H2,1-3H3;5-11H,4H2,1-3H3;1-2H3/b12-6-,15-13+;;. The van der Waals surface area contributed by atoms with Crippen molar-refractivity contribution >= 4 is 5.57 Å². The van der Waals surface area contributed by atoms with E-state index in [1.54, 1.807) is 12.4 Å². The Hall–Kier alpha value is -3.01. The second-order valence-corrected chi connectivity index (χ2v) is 8.46. The summed E-state index contributed by atoms with van der Waals surface area (Å²) in [6.45, 7) is 14.1. The molecule has 0 aliphatic rings. The van der Waals surface area contributed by atoms with Crippen molar-refractivity contribution in [2.75, 3.05) is 6.67 Å². The van der Waals surface area contributed by atoms with Crippen LogP contribution in [-0.4, -0.2) is 21.2 Å². The molecule has 0 amide bonds. The largest absolute Gasteiger partial charge is 0.334 e. The van der Waals surface area contributed by atoms with E-state index in [1.807, 2.05) is 59.3 Å². The van der Waals surface area contributed by atoms with Crippen LogP contribution < -0.4 is 0 Å². The summed E-state index contributed by atoms with van der Waals surface area (Å²) in [6.07, 6.45) is 12.8. The highest BCUT2D eigenvalue weighted by Crippen LogP contribution is 2.29. The Morgan fingerprint density at radius 3 is 2.23 bits per heavy atom. The van der Waals surface area contributed by atoms with Gasteiger partial charge in [0.2, 0.25) is 0 Å². The molecule has 0 saturated carbocycles. The summed E-state index contributed by atoms with van der Waals surface area (Å²) in [4.78, 5) is 8.42. The van der Waals surface area contributed by atoms with Gasteiger partial charge in [0, 0.05) is 37.4 Å². The van der Waals surface area contributed by atoms with E-state index < -0.39 is 6.67 Å². The van der Waals surface area contributed by atoms with Crippen LogP contribution in [0.25, 0.3) is 17.0 Å². The minimum absolute atomic E-state index is 0.408. The minimum atomic E-state index is -0.408. The van der Waals surface area contributed by atoms with E-state index in [2.05, 4.69) is 65.6 Å². The Labute approximate surface area is 212 Å². The number of rotatable bonds is 8. The number of benzene rings is 1. The molecule has 2 aromatic heterocycles. The lowest BCUT2D eigenvalue weighted by atomic mass is 9.93. The van der Waals surface area contributed by atoms with Crippen molar-refractivity contribution in [3.8, 4) is 11.4 Å². The molecule has 190 valence electrons. The molecule has 1 aromatic carbocycles. The van der Waals surface area contributed by atoms with E-state index >= 15 is 0 Å². The van der Waals surface area contributed by atoms with Gasteiger partial charge in [0.05, 0.1) is 0 Å². The summed E-state index contributed by atoms with van der Waals surface area (Å²) in [5, 5.41) is 0. The van der Waals surface area contributed by atoms with Crippen LogP contribution in [0.3, 0.4) is 0 Å². The Balaban J connectivity index is 0.000000327. The molecule has 3 rings (SSSR count). The first-order chi connectivity index (χ1) is 16.9. The second kappa shape index (κ2) is 16.6. The van der Waals surface area contributed by atoms with Gasteiger partial charge in [-0.15, -0.1) is 0 Å². The zero-order chi connectivity index (χ0) is 26.2. The van der Waals surface area contributed by atoms with Crippen molar-refractivity contribution < 1.29 is 4.39 Å². The molecule has 0 radical (unpaired) electrons. The fourth-order valence-corrected chi connectivity index (χ4v) is 3.83. The molecule has 0 aliphatic carbocycles. The summed E-state index contributed by atoms with van der Waals surface area (Å²) >= 11 is 0. The molecule has 0 bridgehead atoms. The Morgan fingerprint density at radius 2 is 1.69 bits per heavy atom. The molecule has 0 saturated heterocycles. The van der Waals surface area contributed by atoms with Gasteiger partial charge in [-0.2, -0.15) is 0 Å². The van der Waals surface area contributed by atoms with Crippen molar-refractivity contribution in [1.29, 1.82) is 0 Å². The molecular weight excluding hydrogens is 433 g/mol. The van der Waals surface area contributed by atoms with Gasteiger partial charge in [-0.05, 0) is 72.6 Å². The fraction of sp³-hybridized carbons (Fsp3) is 0.419. The maximum absolute atomic E-state index is 12.9. The van der Waals surface area contributed by atoms with Gasteiger partial charge in [0.1, 0.15) is 12.5 Å². The maximum atomic E-state index is 12.9. The van der Waals surface area contributed by atoms with Crippen LogP contribution >= 0.6 is 0 Å². The maximum Gasteiger partial charge on any atom is 0.139 e. The predicted octanol–water partition coefficient (Wildman–Crippen LogP) is 9.20. The molecule has 2 heterocycles. The van der Waals surface area contributed by atoms with Gasteiger partial charge in [0.15, 0.2) is 0 Å². The number of hydrogen-bond acceptors (Lipinski definition) is 2. The predicted molar refractivity (Wildman–Crippen MR) is 150 cm³/mol. The molecule has 1 unspecified atom stereocenters. The smallest absolute Gasteiger partial charge is 0.139 e. The third-order valence-corrected chi connectivity index (χ3v) is 5.90. The fourth-order valence-electron chi connectivity index (χ4n) is 3.83. The molecule has 0 N–H and O–H groups in total. The van der Waals surface area contributed by atoms with Crippen molar-refractivity contribution in [3.05, 3.63) is 89.5 Å². The number of unbranched alkanes of at least 4 members (excludes halogenated alkanes) is 1. The van der Waals surface area contributed by atoms with Gasteiger partial charge in [0.25, 0.3) is 0 Å². The first-order valence-electron chi connectivity index (χ1n) is 12.8. The number of aromatic nitrogens is 3. The van der Waals surface area contributed by atoms with Crippen molar-refractivity contribution in [1.82, 2.24) is 14.5 Å². The number of imidazole rings is 1. The summed E-state index contributed by atoms with van der Waals surface area (Å²) in [5.41, 5.74) is 6.63. The molecule has 0 fully saturated rings. The third-order valence-electron chi connectivity index (χ3n) is 5.90. The van der Waals surface area contributed by atoms with Crippen molar-refractivity contribution in [3.63, 3.8) is 0 Å². The van der Waals surface area contributed by atoms with Crippen molar-refractivity contribution in [2.24, 2.45) is 7.05 Å². The summed E-state index contributed by atoms with van der Waals surface area (Å²) in [7, 11) is 2.04. The van der Waals surface area contributed by atoms with E-state index in [-0.39, 0.29) is 0 Å². The zero-order valence-corrected chi connectivity index (χ0v) is 23.0. The van der Waals surface area contributed by atoms with E-state index in [4.69, 9.17) is 0 Å². The Bertz CT molecular complexity index is 1050. The van der Waals surface area contributed by atoms with E-state index in [0.717, 1.165) is 47.4 Å². The van der Waals surface area contributed by atoms with Crippen LogP contribution in [0.2, 0.25) is 0 Å². The van der Waals surface area contributed by atoms with Gasteiger partial charge in [-0.25, -0.2) is 9.37 Å². The monoisotopic (exact) mass is 477 g/mol. The zero-order valence-electron chi connectivity index (χ0n) is 23.0. The Morgan fingerprint density at radius 1 is 1.03 bits per heavy atom. The summed E-state index contributed by atoms with van der Waals surface area (Å²) in [6, 6.07) is 12.4. The van der Waals surface area contributed by atoms with Crippen LogP contribution in [0.5, 0.6) is 0 Å². The second-order valence-electron chi connectivity index (χ2n) is 8.46. The number of pyridine rings is 1. The van der Waals surface area contributed by atoms with Gasteiger partial charge in [-0.1, -0.05) is 71.4 Å². The van der Waals surface area contributed by atoms with Crippen LogP contribution in [0.1, 0.15) is 84.8 Å². The number of halogens is 1. The number of nitrogens with zero attached hydrogens (tertiary/aromatic N) is 3. The SMILES string of the molecule is CC.CCC(C)c1ccccc1-c1nccn1C.CCC/C=C(C)\C(=C(\C)CF)c1ccncc1. The quantitative estimate of drug-likeness (QED) is 0.303. The van der Waals surface area contributed by atoms with Crippen LogP contribution in [0.15, 0.2) is 78.4 Å². The average molecular weight is 478 g/mol. The highest BCUT2D eigenvalue weighted by molar-refractivity contribution is 5.80. The number of aryl methyl sites for hydroxylation is 1. The van der Waals surface area contributed by atoms with E-state index in [9.17, 15) is 4.39 Å².